The van der Waals surface area contributed by atoms with Gasteiger partial charge in [-0.2, -0.15) is 0 Å². The molecule has 0 aliphatic rings. The molecule has 0 N–H and O–H groups in total. The lowest BCUT2D eigenvalue weighted by molar-refractivity contribution is 0.280. The molecular weight excluding hydrogens is 312 g/mol. The molecule has 0 aliphatic heterocycles. The van der Waals surface area contributed by atoms with Crippen molar-refractivity contribution in [3.8, 4) is 0 Å². The number of hydrogen-bond donors (Lipinski definition) is 0. The van der Waals surface area contributed by atoms with Gasteiger partial charge in [-0.1, -0.05) is 92.7 Å². The number of hydrogen-bond acceptors (Lipinski definition) is 1. The Hall–Kier alpha value is -1.17. The fourth-order valence-corrected chi connectivity index (χ4v) is 9.52. The quantitative estimate of drug-likeness (QED) is 0.692. The molecule has 2 aromatic rings. The van der Waals surface area contributed by atoms with Crippen LogP contribution in [0, 0.1) is 0 Å². The lowest BCUT2D eigenvalue weighted by atomic mass is 10.4. The second kappa shape index (κ2) is 8.09. The zero-order valence-electron chi connectivity index (χ0n) is 15.1. The van der Waals surface area contributed by atoms with E-state index in [1.165, 1.54) is 16.8 Å². The van der Waals surface area contributed by atoms with Crippen LogP contribution in [0.2, 0.25) is 18.6 Å². The Morgan fingerprint density at radius 1 is 0.957 bits per heavy atom. The van der Waals surface area contributed by atoms with Crippen LogP contribution in [0.25, 0.3) is 0 Å². The van der Waals surface area contributed by atoms with Crippen LogP contribution in [0.5, 0.6) is 0 Å². The molecule has 0 radical (unpaired) electrons. The van der Waals surface area contributed by atoms with Crippen molar-refractivity contribution in [2.24, 2.45) is 0 Å². The first-order valence-corrected chi connectivity index (χ1v) is 13.7. The van der Waals surface area contributed by atoms with Crippen molar-refractivity contribution in [3.63, 3.8) is 0 Å². The summed E-state index contributed by atoms with van der Waals surface area (Å²) in [6.45, 7) is 11.8. The molecular formula is C20H30OSi2. The molecule has 0 amide bonds. The highest BCUT2D eigenvalue weighted by atomic mass is 28.4. The van der Waals surface area contributed by atoms with E-state index in [1.807, 2.05) is 0 Å². The Kier molecular flexibility index (Phi) is 6.39. The predicted octanol–water partition coefficient (Wildman–Crippen LogP) is 3.98. The van der Waals surface area contributed by atoms with Gasteiger partial charge in [0, 0.05) is 5.73 Å². The van der Waals surface area contributed by atoms with E-state index in [2.05, 4.69) is 94.5 Å². The normalized spacial score (nSPS) is 18.0. The highest BCUT2D eigenvalue weighted by Gasteiger charge is 2.39. The standard InChI is InChI=1S/C20H30OSi2/c1-6-17(2)23(5,20-15-11-8-12-16-20)21-18(3)22(4)19-13-9-7-10-14-19/h7-18,22H,6H2,1-5H3. The Morgan fingerprint density at radius 3 is 2.00 bits per heavy atom. The van der Waals surface area contributed by atoms with Gasteiger partial charge in [0.05, 0.1) is 8.80 Å². The van der Waals surface area contributed by atoms with Crippen molar-refractivity contribution in [3.05, 3.63) is 60.7 Å². The molecule has 4 atom stereocenters. The third-order valence-electron chi connectivity index (χ3n) is 5.36. The van der Waals surface area contributed by atoms with Crippen molar-refractivity contribution in [1.29, 1.82) is 0 Å². The Labute approximate surface area is 144 Å². The lowest BCUT2D eigenvalue weighted by Gasteiger charge is -2.37. The van der Waals surface area contributed by atoms with Crippen LogP contribution in [-0.2, 0) is 4.43 Å². The third kappa shape index (κ3) is 4.22. The van der Waals surface area contributed by atoms with Crippen LogP contribution in [0.15, 0.2) is 60.7 Å². The summed E-state index contributed by atoms with van der Waals surface area (Å²) in [5.41, 5.74) is 0.965. The van der Waals surface area contributed by atoms with E-state index in [9.17, 15) is 0 Å². The number of rotatable bonds is 7. The van der Waals surface area contributed by atoms with Crippen molar-refractivity contribution >= 4 is 27.5 Å². The largest absolute Gasteiger partial charge is 0.413 e. The molecule has 0 spiro atoms. The maximum Gasteiger partial charge on any atom is 0.223 e. The molecule has 0 aromatic heterocycles. The van der Waals surface area contributed by atoms with Crippen LogP contribution >= 0.6 is 0 Å². The van der Waals surface area contributed by atoms with Crippen molar-refractivity contribution in [2.75, 3.05) is 0 Å². The van der Waals surface area contributed by atoms with Crippen LogP contribution in [0.3, 0.4) is 0 Å². The fraction of sp³-hybridized carbons (Fsp3) is 0.400. The Morgan fingerprint density at radius 2 is 1.48 bits per heavy atom. The summed E-state index contributed by atoms with van der Waals surface area (Å²) < 4.78 is 6.89. The predicted molar refractivity (Wildman–Crippen MR) is 107 cm³/mol. The number of benzene rings is 2. The molecule has 0 saturated carbocycles. The summed E-state index contributed by atoms with van der Waals surface area (Å²) in [6.07, 6.45) is 1.17. The first-order chi connectivity index (χ1) is 11.0. The summed E-state index contributed by atoms with van der Waals surface area (Å²) >= 11 is 0. The van der Waals surface area contributed by atoms with Crippen molar-refractivity contribution < 1.29 is 4.43 Å². The summed E-state index contributed by atoms with van der Waals surface area (Å²) in [6, 6.07) is 21.8. The molecule has 0 saturated heterocycles. The minimum absolute atomic E-state index is 0.350. The van der Waals surface area contributed by atoms with Crippen molar-refractivity contribution in [1.82, 2.24) is 0 Å². The van der Waals surface area contributed by atoms with Gasteiger partial charge in [-0.15, -0.1) is 0 Å². The second-order valence-electron chi connectivity index (χ2n) is 6.80. The highest BCUT2D eigenvalue weighted by molar-refractivity contribution is 6.87. The summed E-state index contributed by atoms with van der Waals surface area (Å²) in [4.78, 5) is 0. The molecule has 4 unspecified atom stereocenters. The fourth-order valence-electron chi connectivity index (χ4n) is 3.14. The minimum Gasteiger partial charge on any atom is -0.413 e. The van der Waals surface area contributed by atoms with E-state index < -0.39 is 17.1 Å². The molecule has 2 aromatic carbocycles. The first kappa shape index (κ1) is 18.2. The smallest absolute Gasteiger partial charge is 0.223 e. The van der Waals surface area contributed by atoms with Gasteiger partial charge in [-0.3, -0.25) is 0 Å². The lowest BCUT2D eigenvalue weighted by Crippen LogP contribution is -2.56. The van der Waals surface area contributed by atoms with E-state index >= 15 is 0 Å². The first-order valence-electron chi connectivity index (χ1n) is 8.77. The van der Waals surface area contributed by atoms with Gasteiger partial charge < -0.3 is 4.43 Å². The highest BCUT2D eigenvalue weighted by Crippen LogP contribution is 2.27. The molecule has 23 heavy (non-hydrogen) atoms. The van der Waals surface area contributed by atoms with Gasteiger partial charge in [0.1, 0.15) is 0 Å². The van der Waals surface area contributed by atoms with Crippen LogP contribution in [0.4, 0.5) is 0 Å². The summed E-state index contributed by atoms with van der Waals surface area (Å²) in [7, 11) is -3.07. The summed E-state index contributed by atoms with van der Waals surface area (Å²) in [5.74, 6) is 0. The summed E-state index contributed by atoms with van der Waals surface area (Å²) in [5, 5.41) is 2.92. The van der Waals surface area contributed by atoms with Gasteiger partial charge in [0.15, 0.2) is 0 Å². The maximum absolute atomic E-state index is 6.89. The van der Waals surface area contributed by atoms with E-state index in [0.717, 1.165) is 0 Å². The Balaban J connectivity index is 2.24. The SMILES string of the molecule is CCC(C)[Si](C)(OC(C)[SiH](C)c1ccccc1)c1ccccc1. The maximum atomic E-state index is 6.89. The third-order valence-corrected chi connectivity index (χ3v) is 13.2. The van der Waals surface area contributed by atoms with Crippen LogP contribution in [-0.4, -0.2) is 22.8 Å². The van der Waals surface area contributed by atoms with E-state index in [-0.39, 0.29) is 0 Å². The average Bonchev–Trinajstić information content (AvgIpc) is 2.61. The average molecular weight is 343 g/mol. The monoisotopic (exact) mass is 342 g/mol. The molecule has 0 fully saturated rings. The van der Waals surface area contributed by atoms with Gasteiger partial charge in [-0.25, -0.2) is 0 Å². The molecule has 1 nitrogen and oxygen atoms in total. The van der Waals surface area contributed by atoms with E-state index in [0.29, 0.717) is 11.3 Å². The van der Waals surface area contributed by atoms with Crippen molar-refractivity contribution in [2.45, 2.75) is 51.6 Å². The molecule has 3 heteroatoms. The molecule has 2 rings (SSSR count). The van der Waals surface area contributed by atoms with Crippen LogP contribution in [0.1, 0.15) is 27.2 Å². The van der Waals surface area contributed by atoms with E-state index in [1.54, 1.807) is 0 Å². The topological polar surface area (TPSA) is 9.23 Å². The molecule has 0 heterocycles. The van der Waals surface area contributed by atoms with Crippen LogP contribution < -0.4 is 10.4 Å². The van der Waals surface area contributed by atoms with E-state index in [4.69, 9.17) is 4.43 Å². The zero-order chi connectivity index (χ0) is 16.9. The van der Waals surface area contributed by atoms with Gasteiger partial charge >= 0.3 is 0 Å². The second-order valence-corrected chi connectivity index (χ2v) is 14.0. The Bertz CT molecular complexity index is 587. The molecule has 124 valence electrons. The van der Waals surface area contributed by atoms with Gasteiger partial charge in [-0.05, 0) is 24.2 Å². The molecule has 0 bridgehead atoms. The minimum atomic E-state index is -1.95. The van der Waals surface area contributed by atoms with Gasteiger partial charge in [0.2, 0.25) is 8.32 Å². The zero-order valence-corrected chi connectivity index (χ0v) is 17.3. The molecule has 0 aliphatic carbocycles. The van der Waals surface area contributed by atoms with Gasteiger partial charge in [0.25, 0.3) is 0 Å².